The van der Waals surface area contributed by atoms with Gasteiger partial charge in [-0.15, -0.1) is 0 Å². The smallest absolute Gasteiger partial charge is 0.339 e. The summed E-state index contributed by atoms with van der Waals surface area (Å²) in [5.74, 6) is 0.643. The van der Waals surface area contributed by atoms with E-state index in [1.54, 1.807) is 19.1 Å². The van der Waals surface area contributed by atoms with Crippen LogP contribution in [0, 0.1) is 5.92 Å². The van der Waals surface area contributed by atoms with Gasteiger partial charge in [0.15, 0.2) is 0 Å². The number of carbonyl (C=O) groups excluding carboxylic acids is 1. The zero-order valence-electron chi connectivity index (χ0n) is 25.5. The van der Waals surface area contributed by atoms with E-state index in [9.17, 15) is 17.8 Å². The lowest BCUT2D eigenvalue weighted by Gasteiger charge is -2.22. The first-order valence-corrected chi connectivity index (χ1v) is 17.9. The van der Waals surface area contributed by atoms with E-state index in [0.717, 1.165) is 51.4 Å². The monoisotopic (exact) mass is 584 g/mol. The number of hydrogen-bond acceptors (Lipinski definition) is 4. The van der Waals surface area contributed by atoms with Crippen LogP contribution in [0.2, 0.25) is 0 Å². The van der Waals surface area contributed by atoms with Crippen molar-refractivity contribution in [2.75, 3.05) is 0 Å². The Hall–Kier alpha value is -1.92. The van der Waals surface area contributed by atoms with Gasteiger partial charge in [-0.3, -0.25) is 4.55 Å². The van der Waals surface area contributed by atoms with E-state index >= 15 is 0 Å². The molecule has 0 amide bonds. The van der Waals surface area contributed by atoms with Crippen molar-refractivity contribution in [1.29, 1.82) is 0 Å². The minimum atomic E-state index is -4.40. The van der Waals surface area contributed by atoms with Crippen LogP contribution in [0.25, 0.3) is 0 Å². The van der Waals surface area contributed by atoms with Crippen molar-refractivity contribution in [3.05, 3.63) is 46.6 Å². The fourth-order valence-corrected chi connectivity index (χ4v) is 8.40. The van der Waals surface area contributed by atoms with Gasteiger partial charge in [-0.25, -0.2) is 4.79 Å². The molecule has 0 unspecified atom stereocenters. The Bertz CT molecular complexity index is 1130. The first-order valence-electron chi connectivity index (χ1n) is 16.5. The maximum atomic E-state index is 13.2. The summed E-state index contributed by atoms with van der Waals surface area (Å²) in [6, 6.07) is 3.41. The van der Waals surface area contributed by atoms with Crippen molar-refractivity contribution in [2.24, 2.45) is 5.92 Å². The summed E-state index contributed by atoms with van der Waals surface area (Å²) >= 11 is 0. The van der Waals surface area contributed by atoms with Crippen LogP contribution in [0.1, 0.15) is 159 Å². The van der Waals surface area contributed by atoms with E-state index in [2.05, 4.69) is 13.0 Å². The molecule has 0 spiro atoms. The van der Waals surface area contributed by atoms with Gasteiger partial charge in [0.05, 0.1) is 0 Å². The Morgan fingerprint density at radius 1 is 0.707 bits per heavy atom. The summed E-state index contributed by atoms with van der Waals surface area (Å²) in [4.78, 5) is 13.3. The Morgan fingerprint density at radius 2 is 1.12 bits per heavy atom. The molecule has 1 N–H and O–H groups in total. The zero-order chi connectivity index (χ0) is 29.2. The predicted octanol–water partition coefficient (Wildman–Crippen LogP) is 9.97. The molecular weight excluding hydrogens is 532 g/mol. The second-order valence-electron chi connectivity index (χ2n) is 13.0. The van der Waals surface area contributed by atoms with Gasteiger partial charge in [0, 0.05) is 5.57 Å². The molecular formula is C35H52O5S. The highest BCUT2D eigenvalue weighted by atomic mass is 32.2. The van der Waals surface area contributed by atoms with Crippen molar-refractivity contribution in [3.63, 3.8) is 0 Å². The van der Waals surface area contributed by atoms with E-state index in [4.69, 9.17) is 4.74 Å². The number of esters is 1. The molecule has 3 aliphatic rings. The van der Waals surface area contributed by atoms with Crippen molar-refractivity contribution in [1.82, 2.24) is 0 Å². The normalized spacial score (nSPS) is 21.9. The molecule has 228 valence electrons. The molecule has 41 heavy (non-hydrogen) atoms. The summed E-state index contributed by atoms with van der Waals surface area (Å²) < 4.78 is 41.5. The number of hydrogen-bond donors (Lipinski definition) is 1. The number of rotatable bonds is 7. The van der Waals surface area contributed by atoms with Crippen molar-refractivity contribution >= 4 is 16.1 Å². The fraction of sp³-hybridized carbons (Fsp3) is 0.686. The molecule has 1 aromatic carbocycles. The molecule has 0 aromatic heterocycles. The molecule has 3 saturated carbocycles. The van der Waals surface area contributed by atoms with E-state index in [-0.39, 0.29) is 16.7 Å². The number of benzene rings is 1. The molecule has 0 atom stereocenters. The highest BCUT2D eigenvalue weighted by Gasteiger charge is 2.32. The topological polar surface area (TPSA) is 80.7 Å². The van der Waals surface area contributed by atoms with Crippen LogP contribution >= 0.6 is 0 Å². The average molecular weight is 585 g/mol. The second-order valence-corrected chi connectivity index (χ2v) is 14.3. The van der Waals surface area contributed by atoms with Crippen molar-refractivity contribution in [3.8, 4) is 5.75 Å². The van der Waals surface area contributed by atoms with Gasteiger partial charge >= 0.3 is 5.97 Å². The van der Waals surface area contributed by atoms with E-state index < -0.39 is 16.1 Å². The fourth-order valence-electron chi connectivity index (χ4n) is 7.35. The van der Waals surface area contributed by atoms with Gasteiger partial charge in [-0.1, -0.05) is 101 Å². The van der Waals surface area contributed by atoms with Crippen molar-refractivity contribution < 1.29 is 22.5 Å². The van der Waals surface area contributed by atoms with E-state index in [1.165, 1.54) is 76.2 Å². The third-order valence-electron chi connectivity index (χ3n) is 9.85. The first kappa shape index (κ1) is 32.0. The lowest BCUT2D eigenvalue weighted by atomic mass is 9.87. The van der Waals surface area contributed by atoms with Gasteiger partial charge in [0.2, 0.25) is 0 Å². The van der Waals surface area contributed by atoms with Crippen LogP contribution in [0.3, 0.4) is 0 Å². The minimum Gasteiger partial charge on any atom is -0.423 e. The molecule has 3 fully saturated rings. The number of allylic oxidation sites excluding steroid dienone is 3. The molecule has 5 nitrogen and oxygen atoms in total. The number of ether oxygens (including phenoxy) is 1. The molecule has 0 heterocycles. The summed E-state index contributed by atoms with van der Waals surface area (Å²) in [6.07, 6.45) is 26.1. The molecule has 0 radical (unpaired) electrons. The lowest BCUT2D eigenvalue weighted by molar-refractivity contribution is -0.130. The largest absolute Gasteiger partial charge is 0.423 e. The van der Waals surface area contributed by atoms with Crippen LogP contribution in [-0.4, -0.2) is 18.9 Å². The quantitative estimate of drug-likeness (QED) is 0.113. The third kappa shape index (κ3) is 9.28. The summed E-state index contributed by atoms with van der Waals surface area (Å²) in [5, 5.41) is 0. The van der Waals surface area contributed by atoms with Gasteiger partial charge in [0.1, 0.15) is 10.6 Å². The first-order chi connectivity index (χ1) is 19.7. The molecule has 4 rings (SSSR count). The Labute approximate surface area is 249 Å². The third-order valence-corrected chi connectivity index (χ3v) is 10.8. The Kier molecular flexibility index (Phi) is 12.1. The SMILES string of the molecule is C/C(=C\C=C(/C)C1CCCCCCCCCCC1)C(=O)Oc1cc(C2CCCC2)c(S(=O)(=O)O)c(C2CCCC2)c1. The summed E-state index contributed by atoms with van der Waals surface area (Å²) in [7, 11) is -4.40. The molecule has 1 aromatic rings. The zero-order valence-corrected chi connectivity index (χ0v) is 26.3. The maximum absolute atomic E-state index is 13.2. The standard InChI is InChI=1S/C35H52O5S/c1-26(28-16-10-8-6-4-3-5-7-9-11-17-28)22-23-27(2)35(36)40-31-24-32(29-18-12-13-19-29)34(41(37,38)39)33(25-31)30-20-14-15-21-30/h22-25,28-30H,3-21H2,1-2H3,(H,37,38,39)/b26-22+,27-23+. The van der Waals surface area contributed by atoms with Crippen LogP contribution < -0.4 is 4.74 Å². The van der Waals surface area contributed by atoms with Crippen LogP contribution in [0.5, 0.6) is 5.75 Å². The molecule has 3 aliphatic carbocycles. The van der Waals surface area contributed by atoms with Crippen LogP contribution in [0.4, 0.5) is 0 Å². The highest BCUT2D eigenvalue weighted by molar-refractivity contribution is 7.86. The molecule has 6 heteroatoms. The summed E-state index contributed by atoms with van der Waals surface area (Å²) in [5.41, 5.74) is 3.11. The maximum Gasteiger partial charge on any atom is 0.339 e. The van der Waals surface area contributed by atoms with Gasteiger partial charge in [0.25, 0.3) is 10.1 Å². The van der Waals surface area contributed by atoms with E-state index in [0.29, 0.717) is 28.4 Å². The van der Waals surface area contributed by atoms with Crippen LogP contribution in [0.15, 0.2) is 40.3 Å². The minimum absolute atomic E-state index is 0.0545. The van der Waals surface area contributed by atoms with Crippen LogP contribution in [-0.2, 0) is 14.9 Å². The van der Waals surface area contributed by atoms with Gasteiger partial charge in [-0.2, -0.15) is 8.42 Å². The predicted molar refractivity (Wildman–Crippen MR) is 166 cm³/mol. The Balaban J connectivity index is 1.53. The molecule has 0 aliphatic heterocycles. The lowest BCUT2D eigenvalue weighted by Crippen LogP contribution is -2.15. The number of carbonyl (C=O) groups is 1. The summed E-state index contributed by atoms with van der Waals surface area (Å²) in [6.45, 7) is 3.98. The van der Waals surface area contributed by atoms with E-state index in [1.807, 2.05) is 6.08 Å². The highest BCUT2D eigenvalue weighted by Crippen LogP contribution is 2.45. The molecule has 0 saturated heterocycles. The average Bonchev–Trinajstić information content (AvgIpc) is 3.66. The molecule has 0 bridgehead atoms. The van der Waals surface area contributed by atoms with Gasteiger partial charge in [-0.05, 0) is 93.4 Å². The second kappa shape index (κ2) is 15.5. The Morgan fingerprint density at radius 3 is 1.56 bits per heavy atom. The van der Waals surface area contributed by atoms with Gasteiger partial charge < -0.3 is 4.74 Å². The van der Waals surface area contributed by atoms with Crippen molar-refractivity contribution in [2.45, 2.75) is 153 Å².